The number of hydroxylamine groups is 2. The largest absolute Gasteiger partial charge is 0.598 e. The van der Waals surface area contributed by atoms with Crippen LogP contribution in [0.25, 0.3) is 0 Å². The summed E-state index contributed by atoms with van der Waals surface area (Å²) in [6, 6.07) is 0. The molecule has 0 bridgehead atoms. The maximum absolute atomic E-state index is 10.3. The summed E-state index contributed by atoms with van der Waals surface area (Å²) in [6.45, 7) is 2.74. The van der Waals surface area contributed by atoms with E-state index in [2.05, 4.69) is 20.2 Å². The molecule has 0 saturated carbocycles. The van der Waals surface area contributed by atoms with Crippen molar-refractivity contribution >= 4 is 0 Å². The highest BCUT2D eigenvalue weighted by Crippen LogP contribution is 1.84. The van der Waals surface area contributed by atoms with Gasteiger partial charge in [-0.2, -0.15) is 0 Å². The predicted molar refractivity (Wildman–Crippen MR) is 68.3 cm³/mol. The van der Waals surface area contributed by atoms with Crippen molar-refractivity contribution in [2.75, 3.05) is 67.0 Å². The molecule has 0 unspecified atom stereocenters. The second kappa shape index (κ2) is 14.7. The fourth-order valence-corrected chi connectivity index (χ4v) is 0.979. The van der Waals surface area contributed by atoms with E-state index in [1.807, 2.05) is 0 Å². The Morgan fingerprint density at radius 2 is 0.905 bits per heavy atom. The van der Waals surface area contributed by atoms with Crippen LogP contribution in [0.5, 0.6) is 0 Å². The molecule has 124 valence electrons. The molecule has 0 saturated heterocycles. The molecule has 0 aromatic carbocycles. The summed E-state index contributed by atoms with van der Waals surface area (Å²) in [5.41, 5.74) is 0. The Morgan fingerprint density at radius 3 is 1.19 bits per heavy atom. The first-order chi connectivity index (χ1) is 10.1. The van der Waals surface area contributed by atoms with Crippen molar-refractivity contribution in [1.29, 1.82) is 0 Å². The van der Waals surface area contributed by atoms with E-state index in [0.717, 1.165) is 0 Å². The standard InChI is InChI=1S/C10H22N4O7/c1-13(15)11-20-9-7-18-5-3-17-4-6-19-8-10-21-12-14(2)16/h3-10H2,1-2H3. The molecule has 0 radical (unpaired) electrons. The van der Waals surface area contributed by atoms with Crippen LogP contribution in [-0.2, 0) is 23.9 Å². The van der Waals surface area contributed by atoms with Crippen molar-refractivity contribution in [2.24, 2.45) is 10.6 Å². The summed E-state index contributed by atoms with van der Waals surface area (Å²) < 4.78 is 15.5. The monoisotopic (exact) mass is 310 g/mol. The van der Waals surface area contributed by atoms with Crippen LogP contribution < -0.4 is 0 Å². The van der Waals surface area contributed by atoms with Crippen molar-refractivity contribution in [2.45, 2.75) is 0 Å². The van der Waals surface area contributed by atoms with Crippen molar-refractivity contribution in [3.05, 3.63) is 10.4 Å². The Kier molecular flexibility index (Phi) is 13.5. The normalized spacial score (nSPS) is 12.5. The average molecular weight is 310 g/mol. The van der Waals surface area contributed by atoms with Gasteiger partial charge < -0.3 is 34.3 Å². The summed E-state index contributed by atoms with van der Waals surface area (Å²) in [5, 5.41) is 26.9. The molecule has 11 heteroatoms. The quantitative estimate of drug-likeness (QED) is 0.193. The van der Waals surface area contributed by atoms with E-state index in [0.29, 0.717) is 49.4 Å². The molecular formula is C10H22N4O7. The highest BCUT2D eigenvalue weighted by atomic mass is 16.7. The molecule has 0 rings (SSSR count). The lowest BCUT2D eigenvalue weighted by Crippen LogP contribution is -2.12. The molecule has 0 N–H and O–H groups in total. The molecule has 0 aliphatic carbocycles. The van der Waals surface area contributed by atoms with Crippen LogP contribution in [0.3, 0.4) is 0 Å². The highest BCUT2D eigenvalue weighted by Gasteiger charge is 1.93. The molecular weight excluding hydrogens is 288 g/mol. The molecule has 0 fully saturated rings. The van der Waals surface area contributed by atoms with Gasteiger partial charge in [-0.05, 0) is 0 Å². The number of hydrogen-bond acceptors (Lipinski definition) is 9. The lowest BCUT2D eigenvalue weighted by Gasteiger charge is -2.05. The first kappa shape index (κ1) is 19.3. The van der Waals surface area contributed by atoms with E-state index in [4.69, 9.17) is 14.2 Å². The summed E-state index contributed by atoms with van der Waals surface area (Å²) in [5.74, 6) is 0. The third kappa shape index (κ3) is 18.3. The molecule has 11 nitrogen and oxygen atoms in total. The summed E-state index contributed by atoms with van der Waals surface area (Å²) in [4.78, 5) is 9.87. The second-order valence-corrected chi connectivity index (χ2v) is 3.60. The van der Waals surface area contributed by atoms with E-state index in [-0.39, 0.29) is 13.2 Å². The van der Waals surface area contributed by atoms with E-state index in [1.165, 1.54) is 14.1 Å². The minimum atomic E-state index is 0.208. The van der Waals surface area contributed by atoms with E-state index in [9.17, 15) is 10.4 Å². The summed E-state index contributed by atoms with van der Waals surface area (Å²) in [7, 11) is 2.44. The smallest absolute Gasteiger partial charge is 0.199 e. The maximum atomic E-state index is 10.3. The van der Waals surface area contributed by atoms with Crippen LogP contribution in [0.2, 0.25) is 0 Å². The molecule has 0 heterocycles. The van der Waals surface area contributed by atoms with E-state index in [1.54, 1.807) is 0 Å². The fourth-order valence-electron chi connectivity index (χ4n) is 0.979. The number of nitrogens with zero attached hydrogens (tertiary/aromatic N) is 4. The van der Waals surface area contributed by atoms with Gasteiger partial charge in [0.2, 0.25) is 0 Å². The molecule has 0 amide bonds. The average Bonchev–Trinajstić information content (AvgIpc) is 2.42. The predicted octanol–water partition coefficient (Wildman–Crippen LogP) is 0.0840. The number of hydrogen-bond donors (Lipinski definition) is 0. The Balaban J connectivity index is 3.06. The minimum absolute atomic E-state index is 0.208. The lowest BCUT2D eigenvalue weighted by molar-refractivity contribution is -0.530. The maximum Gasteiger partial charge on any atom is 0.199 e. The van der Waals surface area contributed by atoms with Crippen LogP contribution >= 0.6 is 0 Å². The van der Waals surface area contributed by atoms with E-state index >= 15 is 0 Å². The van der Waals surface area contributed by atoms with Gasteiger partial charge >= 0.3 is 0 Å². The lowest BCUT2D eigenvalue weighted by atomic mass is 10.7. The minimum Gasteiger partial charge on any atom is -0.598 e. The van der Waals surface area contributed by atoms with Gasteiger partial charge in [-0.1, -0.05) is 9.72 Å². The third-order valence-electron chi connectivity index (χ3n) is 1.73. The van der Waals surface area contributed by atoms with Crippen molar-refractivity contribution in [3.8, 4) is 0 Å². The Hall–Kier alpha value is -1.72. The van der Waals surface area contributed by atoms with Crippen molar-refractivity contribution in [3.63, 3.8) is 0 Å². The molecule has 0 aromatic rings. The topological polar surface area (TPSA) is 123 Å². The van der Waals surface area contributed by atoms with Gasteiger partial charge in [0.05, 0.1) is 39.6 Å². The van der Waals surface area contributed by atoms with Crippen LogP contribution in [-0.4, -0.2) is 76.7 Å². The summed E-state index contributed by atoms with van der Waals surface area (Å²) in [6.07, 6.45) is 0. The van der Waals surface area contributed by atoms with Gasteiger partial charge in [-0.25, -0.2) is 0 Å². The number of rotatable bonds is 14. The van der Waals surface area contributed by atoms with Gasteiger partial charge in [0, 0.05) is 0 Å². The van der Waals surface area contributed by atoms with Gasteiger partial charge in [0.1, 0.15) is 13.2 Å². The van der Waals surface area contributed by atoms with Gasteiger partial charge in [0.25, 0.3) is 0 Å². The van der Waals surface area contributed by atoms with Crippen LogP contribution in [0.1, 0.15) is 0 Å². The molecule has 0 aliphatic heterocycles. The molecule has 0 atom stereocenters. The van der Waals surface area contributed by atoms with Crippen LogP contribution in [0, 0.1) is 10.4 Å². The van der Waals surface area contributed by atoms with Crippen molar-refractivity contribution < 1.29 is 33.6 Å². The Bertz CT molecular complexity index is 265. The first-order valence-corrected chi connectivity index (χ1v) is 6.33. The van der Waals surface area contributed by atoms with E-state index < -0.39 is 0 Å². The van der Waals surface area contributed by atoms with Crippen LogP contribution in [0.4, 0.5) is 0 Å². The SMILES string of the molecule is C[N+]([O-])=NOCCOCCOCCOCCON=[N+](C)[O-]. The Morgan fingerprint density at radius 1 is 0.619 bits per heavy atom. The molecule has 0 aromatic heterocycles. The zero-order chi connectivity index (χ0) is 15.8. The first-order valence-electron chi connectivity index (χ1n) is 6.33. The van der Waals surface area contributed by atoms with Gasteiger partial charge in [-0.15, -0.1) is 0 Å². The molecule has 0 spiro atoms. The third-order valence-corrected chi connectivity index (χ3v) is 1.73. The second-order valence-electron chi connectivity index (χ2n) is 3.60. The Labute approximate surface area is 122 Å². The van der Waals surface area contributed by atoms with Crippen molar-refractivity contribution in [1.82, 2.24) is 0 Å². The number of ether oxygens (including phenoxy) is 3. The molecule has 0 aliphatic rings. The zero-order valence-corrected chi connectivity index (χ0v) is 12.3. The summed E-state index contributed by atoms with van der Waals surface area (Å²) >= 11 is 0. The fraction of sp³-hybridized carbons (Fsp3) is 1.00. The van der Waals surface area contributed by atoms with Gasteiger partial charge in [0.15, 0.2) is 24.7 Å². The zero-order valence-electron chi connectivity index (χ0n) is 12.3. The van der Waals surface area contributed by atoms with Crippen LogP contribution in [0.15, 0.2) is 10.6 Å². The molecule has 21 heavy (non-hydrogen) atoms. The van der Waals surface area contributed by atoms with Gasteiger partial charge in [-0.3, -0.25) is 0 Å². The highest BCUT2D eigenvalue weighted by molar-refractivity contribution is 4.34.